The Morgan fingerprint density at radius 3 is 3.00 bits per heavy atom. The Bertz CT molecular complexity index is 486. The van der Waals surface area contributed by atoms with Gasteiger partial charge >= 0.3 is 0 Å². The molecule has 0 bridgehead atoms. The Morgan fingerprint density at radius 2 is 2.33 bits per heavy atom. The number of carbonyl (C=O) groups excluding carboxylic acids is 2. The van der Waals surface area contributed by atoms with Crippen LogP contribution in [0.1, 0.15) is 17.4 Å². The summed E-state index contributed by atoms with van der Waals surface area (Å²) in [6.45, 7) is 1.69. The summed E-state index contributed by atoms with van der Waals surface area (Å²) >= 11 is 0. The number of hydrogen-bond donors (Lipinski definition) is 4. The third-order valence-corrected chi connectivity index (χ3v) is 2.21. The first kappa shape index (κ1) is 12.0. The van der Waals surface area contributed by atoms with Crippen LogP contribution in [0.2, 0.25) is 0 Å². The summed E-state index contributed by atoms with van der Waals surface area (Å²) in [5.41, 5.74) is 7.84. The van der Waals surface area contributed by atoms with Crippen LogP contribution in [0.25, 0.3) is 0 Å². The molecule has 1 aliphatic heterocycles. The van der Waals surface area contributed by atoms with E-state index in [1.54, 1.807) is 25.1 Å². The van der Waals surface area contributed by atoms with Crippen LogP contribution in [-0.4, -0.2) is 28.8 Å². The molecule has 8 heteroatoms. The second-order valence-corrected chi connectivity index (χ2v) is 3.60. The fraction of sp³-hybridized carbons (Fsp3) is 0.200. The normalized spacial score (nSPS) is 21.1. The minimum absolute atomic E-state index is 0.127. The van der Waals surface area contributed by atoms with Crippen molar-refractivity contribution < 1.29 is 9.59 Å². The lowest BCUT2D eigenvalue weighted by atomic mass is 10.3. The van der Waals surface area contributed by atoms with E-state index in [4.69, 9.17) is 0 Å². The molecule has 18 heavy (non-hydrogen) atoms. The summed E-state index contributed by atoms with van der Waals surface area (Å²) in [6, 6.07) is 4.59. The molecule has 0 saturated carbocycles. The molecule has 2 amide bonds. The standard InChI is InChI=1S/C10H12N6O2/c1-6-8(17)12-10(15-13-6)16-14-9(18)7-4-2-3-5-11-7/h2-6,13H,1H3,(H,14,18)(H2,12,15,16,17). The maximum Gasteiger partial charge on any atom is 0.290 e. The third-order valence-electron chi connectivity index (χ3n) is 2.21. The lowest BCUT2D eigenvalue weighted by Crippen LogP contribution is -2.62. The fourth-order valence-corrected chi connectivity index (χ4v) is 1.22. The SMILES string of the molecule is CC1NNC(=NNC(=O)c2ccccn2)NC1=O. The van der Waals surface area contributed by atoms with E-state index in [1.807, 2.05) is 0 Å². The molecule has 94 valence electrons. The average molecular weight is 248 g/mol. The molecule has 0 radical (unpaired) electrons. The number of nitrogens with zero attached hydrogens (tertiary/aromatic N) is 2. The van der Waals surface area contributed by atoms with Crippen molar-refractivity contribution in [3.05, 3.63) is 30.1 Å². The molecule has 1 fully saturated rings. The Balaban J connectivity index is 1.95. The zero-order chi connectivity index (χ0) is 13.0. The van der Waals surface area contributed by atoms with Gasteiger partial charge in [-0.05, 0) is 19.1 Å². The smallest absolute Gasteiger partial charge is 0.290 e. The Kier molecular flexibility index (Phi) is 3.49. The third kappa shape index (κ3) is 2.80. The van der Waals surface area contributed by atoms with E-state index < -0.39 is 5.91 Å². The number of hydrazone groups is 1. The molecule has 1 atom stereocenters. The Morgan fingerprint density at radius 1 is 1.50 bits per heavy atom. The summed E-state index contributed by atoms with van der Waals surface area (Å²) in [6.07, 6.45) is 1.51. The largest absolute Gasteiger partial charge is 0.293 e. The zero-order valence-electron chi connectivity index (χ0n) is 9.60. The van der Waals surface area contributed by atoms with Gasteiger partial charge in [0.15, 0.2) is 0 Å². The first-order valence-corrected chi connectivity index (χ1v) is 5.28. The number of carbonyl (C=O) groups is 2. The maximum absolute atomic E-state index is 11.6. The van der Waals surface area contributed by atoms with Gasteiger partial charge in [0.05, 0.1) is 0 Å². The van der Waals surface area contributed by atoms with Crippen molar-refractivity contribution in [2.24, 2.45) is 5.10 Å². The Hall–Kier alpha value is -2.48. The van der Waals surface area contributed by atoms with Crippen LogP contribution in [0.15, 0.2) is 29.5 Å². The molecule has 2 rings (SSSR count). The van der Waals surface area contributed by atoms with Crippen LogP contribution in [0, 0.1) is 0 Å². The minimum atomic E-state index is -0.460. The second-order valence-electron chi connectivity index (χ2n) is 3.60. The highest BCUT2D eigenvalue weighted by Crippen LogP contribution is 1.92. The molecule has 0 spiro atoms. The number of aromatic nitrogens is 1. The zero-order valence-corrected chi connectivity index (χ0v) is 9.60. The molecule has 1 aromatic rings. The van der Waals surface area contributed by atoms with Gasteiger partial charge in [0.2, 0.25) is 11.9 Å². The highest BCUT2D eigenvalue weighted by molar-refractivity contribution is 6.01. The van der Waals surface area contributed by atoms with Gasteiger partial charge in [0.1, 0.15) is 11.7 Å². The van der Waals surface area contributed by atoms with Crippen LogP contribution in [0.3, 0.4) is 0 Å². The van der Waals surface area contributed by atoms with Crippen LogP contribution < -0.4 is 21.6 Å². The van der Waals surface area contributed by atoms with Gasteiger partial charge < -0.3 is 0 Å². The molecule has 1 aromatic heterocycles. The number of rotatable bonds is 2. The van der Waals surface area contributed by atoms with E-state index in [0.717, 1.165) is 0 Å². The Labute approximate surface area is 103 Å². The van der Waals surface area contributed by atoms with Gasteiger partial charge in [-0.3, -0.25) is 25.3 Å². The molecular formula is C10H12N6O2. The van der Waals surface area contributed by atoms with E-state index in [-0.39, 0.29) is 23.6 Å². The van der Waals surface area contributed by atoms with Gasteiger partial charge in [-0.15, -0.1) is 5.10 Å². The molecule has 8 nitrogen and oxygen atoms in total. The molecule has 2 heterocycles. The average Bonchev–Trinajstić information content (AvgIpc) is 2.41. The molecule has 1 aliphatic rings. The van der Waals surface area contributed by atoms with E-state index in [1.165, 1.54) is 6.20 Å². The molecule has 1 saturated heterocycles. The number of nitrogens with one attached hydrogen (secondary N) is 4. The van der Waals surface area contributed by atoms with Crippen LogP contribution in [0.4, 0.5) is 0 Å². The van der Waals surface area contributed by atoms with Crippen molar-refractivity contribution in [3.8, 4) is 0 Å². The second kappa shape index (κ2) is 5.23. The van der Waals surface area contributed by atoms with Gasteiger partial charge in [-0.25, -0.2) is 10.9 Å². The lowest BCUT2D eigenvalue weighted by molar-refractivity contribution is -0.122. The summed E-state index contributed by atoms with van der Waals surface area (Å²) in [5.74, 6) is -0.570. The van der Waals surface area contributed by atoms with Crippen molar-refractivity contribution in [2.75, 3.05) is 0 Å². The highest BCUT2D eigenvalue weighted by Gasteiger charge is 2.20. The van der Waals surface area contributed by atoms with Crippen LogP contribution in [0.5, 0.6) is 0 Å². The van der Waals surface area contributed by atoms with Crippen LogP contribution in [-0.2, 0) is 4.79 Å². The monoisotopic (exact) mass is 248 g/mol. The van der Waals surface area contributed by atoms with Crippen molar-refractivity contribution >= 4 is 17.8 Å². The summed E-state index contributed by atoms with van der Waals surface area (Å²) in [4.78, 5) is 26.8. The van der Waals surface area contributed by atoms with E-state index >= 15 is 0 Å². The number of guanidine groups is 1. The molecule has 0 aromatic carbocycles. The van der Waals surface area contributed by atoms with Gasteiger partial charge in [0, 0.05) is 6.20 Å². The number of pyridine rings is 1. The predicted molar refractivity (Wildman–Crippen MR) is 63.0 cm³/mol. The van der Waals surface area contributed by atoms with Gasteiger partial charge in [-0.1, -0.05) is 6.07 Å². The minimum Gasteiger partial charge on any atom is -0.293 e. The van der Waals surface area contributed by atoms with Crippen molar-refractivity contribution in [1.82, 2.24) is 26.6 Å². The molecular weight excluding hydrogens is 236 g/mol. The summed E-state index contributed by atoms with van der Waals surface area (Å²) in [5, 5.41) is 6.19. The van der Waals surface area contributed by atoms with E-state index in [9.17, 15) is 9.59 Å². The quantitative estimate of drug-likeness (QED) is 0.486. The molecule has 4 N–H and O–H groups in total. The number of amides is 2. The number of hydrazine groups is 1. The maximum atomic E-state index is 11.6. The van der Waals surface area contributed by atoms with Crippen molar-refractivity contribution in [3.63, 3.8) is 0 Å². The summed E-state index contributed by atoms with van der Waals surface area (Å²) < 4.78 is 0. The van der Waals surface area contributed by atoms with Crippen LogP contribution >= 0.6 is 0 Å². The fourth-order valence-electron chi connectivity index (χ4n) is 1.22. The van der Waals surface area contributed by atoms with Crippen molar-refractivity contribution in [2.45, 2.75) is 13.0 Å². The number of hydrogen-bond acceptors (Lipinski definition) is 5. The first-order chi connectivity index (χ1) is 8.66. The molecule has 0 aliphatic carbocycles. The van der Waals surface area contributed by atoms with E-state index in [2.05, 4.69) is 31.7 Å². The first-order valence-electron chi connectivity index (χ1n) is 5.28. The summed E-state index contributed by atoms with van der Waals surface area (Å²) in [7, 11) is 0. The van der Waals surface area contributed by atoms with Crippen molar-refractivity contribution in [1.29, 1.82) is 0 Å². The molecule has 1 unspecified atom stereocenters. The predicted octanol–water partition coefficient (Wildman–Crippen LogP) is -1.31. The lowest BCUT2D eigenvalue weighted by Gasteiger charge is -2.22. The highest BCUT2D eigenvalue weighted by atomic mass is 16.2. The topological polar surface area (TPSA) is 108 Å². The van der Waals surface area contributed by atoms with Gasteiger partial charge in [0.25, 0.3) is 5.91 Å². The van der Waals surface area contributed by atoms with Gasteiger partial charge in [-0.2, -0.15) is 0 Å². The van der Waals surface area contributed by atoms with E-state index in [0.29, 0.717) is 0 Å².